The zero-order valence-electron chi connectivity index (χ0n) is 13.1. The summed E-state index contributed by atoms with van der Waals surface area (Å²) >= 11 is 0. The minimum atomic E-state index is -3.68. The first-order valence-electron chi connectivity index (χ1n) is 7.67. The molecule has 1 fully saturated rings. The van der Waals surface area contributed by atoms with Gasteiger partial charge in [-0.3, -0.25) is 0 Å². The van der Waals surface area contributed by atoms with Gasteiger partial charge in [-0.1, -0.05) is 18.2 Å². The van der Waals surface area contributed by atoms with Crippen LogP contribution in [0.25, 0.3) is 0 Å². The Morgan fingerprint density at radius 1 is 1.22 bits per heavy atom. The van der Waals surface area contributed by atoms with E-state index in [-0.39, 0.29) is 16.4 Å². The number of nitrogens with one attached hydrogen (secondary N) is 1. The SMILES string of the molecule is CCOCCCN[C@@H]1CS(=O)(=O)C[C@H]1S(=O)(=O)c1ccccc1. The van der Waals surface area contributed by atoms with Crippen LogP contribution in [-0.2, 0) is 24.4 Å². The predicted octanol–water partition coefficient (Wildman–Crippen LogP) is 0.642. The highest BCUT2D eigenvalue weighted by Gasteiger charge is 2.45. The highest BCUT2D eigenvalue weighted by atomic mass is 32.2. The number of rotatable bonds is 8. The van der Waals surface area contributed by atoms with Gasteiger partial charge < -0.3 is 10.1 Å². The van der Waals surface area contributed by atoms with Crippen LogP contribution < -0.4 is 5.32 Å². The molecule has 0 unspecified atom stereocenters. The number of benzene rings is 1. The molecule has 0 spiro atoms. The molecule has 0 saturated carbocycles. The summed E-state index contributed by atoms with van der Waals surface area (Å²) in [7, 11) is -7.04. The molecule has 6 nitrogen and oxygen atoms in total. The lowest BCUT2D eigenvalue weighted by Crippen LogP contribution is -2.43. The van der Waals surface area contributed by atoms with Crippen LogP contribution in [0.2, 0.25) is 0 Å². The minimum absolute atomic E-state index is 0.141. The van der Waals surface area contributed by atoms with Crippen molar-refractivity contribution in [1.29, 1.82) is 0 Å². The van der Waals surface area contributed by atoms with Crippen LogP contribution >= 0.6 is 0 Å². The molecule has 2 atom stereocenters. The van der Waals surface area contributed by atoms with Crippen molar-refractivity contribution in [1.82, 2.24) is 5.32 Å². The highest BCUT2D eigenvalue weighted by molar-refractivity contribution is 7.96. The molecule has 130 valence electrons. The van der Waals surface area contributed by atoms with Gasteiger partial charge in [-0.2, -0.15) is 0 Å². The maximum Gasteiger partial charge on any atom is 0.183 e. The Labute approximate surface area is 138 Å². The van der Waals surface area contributed by atoms with Gasteiger partial charge in [0.15, 0.2) is 19.7 Å². The van der Waals surface area contributed by atoms with Crippen LogP contribution in [-0.4, -0.2) is 59.4 Å². The molecule has 0 radical (unpaired) electrons. The summed E-state index contributed by atoms with van der Waals surface area (Å²) in [6.45, 7) is 3.63. The summed E-state index contributed by atoms with van der Waals surface area (Å²) in [4.78, 5) is 0.170. The van der Waals surface area contributed by atoms with Gasteiger partial charge in [0.1, 0.15) is 0 Å². The van der Waals surface area contributed by atoms with E-state index in [1.54, 1.807) is 18.2 Å². The largest absolute Gasteiger partial charge is 0.382 e. The standard InChI is InChI=1S/C15H23NO5S2/c1-2-21-10-6-9-16-14-11-22(17,18)12-15(14)23(19,20)13-7-4-3-5-8-13/h3-5,7-8,14-16H,2,6,9-12H2,1H3/t14-,15-/m1/s1. The van der Waals surface area contributed by atoms with Crippen molar-refractivity contribution in [2.75, 3.05) is 31.3 Å². The van der Waals surface area contributed by atoms with Crippen molar-refractivity contribution in [2.24, 2.45) is 0 Å². The van der Waals surface area contributed by atoms with Crippen molar-refractivity contribution in [3.8, 4) is 0 Å². The van der Waals surface area contributed by atoms with E-state index < -0.39 is 31.0 Å². The molecule has 1 saturated heterocycles. The molecule has 0 bridgehead atoms. The third kappa shape index (κ3) is 4.76. The summed E-state index contributed by atoms with van der Waals surface area (Å²) in [5.41, 5.74) is 0. The summed E-state index contributed by atoms with van der Waals surface area (Å²) in [6.07, 6.45) is 0.711. The third-order valence-corrected chi connectivity index (χ3v) is 8.01. The Bertz CT molecular complexity index is 701. The first-order valence-corrected chi connectivity index (χ1v) is 11.0. The highest BCUT2D eigenvalue weighted by Crippen LogP contribution is 2.25. The molecule has 23 heavy (non-hydrogen) atoms. The Hall–Kier alpha value is -0.960. The van der Waals surface area contributed by atoms with Gasteiger partial charge in [0.2, 0.25) is 0 Å². The maximum atomic E-state index is 12.7. The monoisotopic (exact) mass is 361 g/mol. The fourth-order valence-corrected chi connectivity index (χ4v) is 7.44. The Balaban J connectivity index is 2.11. The Morgan fingerprint density at radius 2 is 1.91 bits per heavy atom. The van der Waals surface area contributed by atoms with E-state index in [1.165, 1.54) is 12.1 Å². The van der Waals surface area contributed by atoms with E-state index in [0.717, 1.165) is 0 Å². The van der Waals surface area contributed by atoms with Gasteiger partial charge in [0, 0.05) is 19.3 Å². The van der Waals surface area contributed by atoms with Crippen LogP contribution in [0.4, 0.5) is 0 Å². The lowest BCUT2D eigenvalue weighted by molar-refractivity contribution is 0.144. The van der Waals surface area contributed by atoms with Gasteiger partial charge in [-0.05, 0) is 32.0 Å². The van der Waals surface area contributed by atoms with Gasteiger partial charge >= 0.3 is 0 Å². The fourth-order valence-electron chi connectivity index (χ4n) is 2.70. The third-order valence-electron chi connectivity index (χ3n) is 3.85. The topological polar surface area (TPSA) is 89.5 Å². The Kier molecular flexibility index (Phi) is 6.19. The molecule has 0 amide bonds. The second-order valence-electron chi connectivity index (χ2n) is 5.58. The average Bonchev–Trinajstić information content (AvgIpc) is 2.84. The van der Waals surface area contributed by atoms with E-state index >= 15 is 0 Å². The van der Waals surface area contributed by atoms with E-state index in [2.05, 4.69) is 5.32 Å². The van der Waals surface area contributed by atoms with E-state index in [0.29, 0.717) is 26.2 Å². The second kappa shape index (κ2) is 7.74. The molecular formula is C15H23NO5S2. The van der Waals surface area contributed by atoms with Gasteiger partial charge in [0.25, 0.3) is 0 Å². The van der Waals surface area contributed by atoms with Crippen molar-refractivity contribution < 1.29 is 21.6 Å². The first-order chi connectivity index (χ1) is 10.9. The summed E-state index contributed by atoms with van der Waals surface area (Å²) in [6, 6.07) is 7.45. The van der Waals surface area contributed by atoms with Gasteiger partial charge in [0.05, 0.1) is 21.7 Å². The van der Waals surface area contributed by atoms with Gasteiger partial charge in [-0.15, -0.1) is 0 Å². The number of hydrogen-bond donors (Lipinski definition) is 1. The lowest BCUT2D eigenvalue weighted by Gasteiger charge is -2.20. The minimum Gasteiger partial charge on any atom is -0.382 e. The summed E-state index contributed by atoms with van der Waals surface area (Å²) in [5.74, 6) is -0.467. The van der Waals surface area contributed by atoms with Crippen LogP contribution in [0.1, 0.15) is 13.3 Å². The smallest absolute Gasteiger partial charge is 0.183 e. The second-order valence-corrected chi connectivity index (χ2v) is 9.91. The van der Waals surface area contributed by atoms with E-state index in [1.807, 2.05) is 6.92 Å². The predicted molar refractivity (Wildman–Crippen MR) is 89.0 cm³/mol. The molecule has 2 rings (SSSR count). The van der Waals surface area contributed by atoms with Crippen molar-refractivity contribution in [3.05, 3.63) is 30.3 Å². The molecule has 1 aliphatic rings. The van der Waals surface area contributed by atoms with Crippen LogP contribution in [0.3, 0.4) is 0 Å². The molecule has 1 N–H and O–H groups in total. The number of ether oxygens (including phenoxy) is 1. The molecular weight excluding hydrogens is 338 g/mol. The fraction of sp³-hybridized carbons (Fsp3) is 0.600. The number of hydrogen-bond acceptors (Lipinski definition) is 6. The summed E-state index contributed by atoms with van der Waals surface area (Å²) in [5, 5.41) is 2.14. The zero-order valence-corrected chi connectivity index (χ0v) is 14.8. The Morgan fingerprint density at radius 3 is 2.57 bits per heavy atom. The van der Waals surface area contributed by atoms with Crippen LogP contribution in [0, 0.1) is 0 Å². The van der Waals surface area contributed by atoms with Crippen molar-refractivity contribution in [3.63, 3.8) is 0 Å². The molecule has 0 aromatic heterocycles. The first kappa shape index (κ1) is 18.4. The average molecular weight is 361 g/mol. The molecule has 1 aliphatic heterocycles. The van der Waals surface area contributed by atoms with Gasteiger partial charge in [-0.25, -0.2) is 16.8 Å². The van der Waals surface area contributed by atoms with Crippen molar-refractivity contribution in [2.45, 2.75) is 29.5 Å². The quantitative estimate of drug-likeness (QED) is 0.684. The maximum absolute atomic E-state index is 12.7. The normalized spacial score (nSPS) is 23.9. The zero-order chi connectivity index (χ0) is 16.9. The van der Waals surface area contributed by atoms with E-state index in [9.17, 15) is 16.8 Å². The number of sulfone groups is 2. The molecule has 1 heterocycles. The molecule has 0 aliphatic carbocycles. The summed E-state index contributed by atoms with van der Waals surface area (Å²) < 4.78 is 54.6. The van der Waals surface area contributed by atoms with Crippen LogP contribution in [0.5, 0.6) is 0 Å². The van der Waals surface area contributed by atoms with E-state index in [4.69, 9.17) is 4.74 Å². The van der Waals surface area contributed by atoms with Crippen LogP contribution in [0.15, 0.2) is 35.2 Å². The molecule has 1 aromatic rings. The lowest BCUT2D eigenvalue weighted by atomic mass is 10.2. The molecule has 1 aromatic carbocycles. The molecule has 8 heteroatoms. The van der Waals surface area contributed by atoms with Crippen molar-refractivity contribution >= 4 is 19.7 Å².